The molecule has 0 aliphatic carbocycles. The Balaban J connectivity index is 2.00. The molecular weight excluding hydrogens is 409 g/mol. The summed E-state index contributed by atoms with van der Waals surface area (Å²) in [5.74, 6) is 0.160. The molecule has 1 aromatic carbocycles. The van der Waals surface area contributed by atoms with Gasteiger partial charge < -0.3 is 9.72 Å². The maximum absolute atomic E-state index is 11.9. The Bertz CT molecular complexity index is 1180. The van der Waals surface area contributed by atoms with E-state index in [9.17, 15) is 14.4 Å². The zero-order chi connectivity index (χ0) is 20.4. The highest BCUT2D eigenvalue weighted by atomic mass is 35.5. The molecule has 0 unspecified atom stereocenters. The number of hydrogen-bond donors (Lipinski definition) is 3. The Hall–Kier alpha value is -2.91. The second-order valence-electron chi connectivity index (χ2n) is 5.99. The SMILES string of the molecule is CC[C@@H](C)c1nc(Oc2c(Cl)cc(-c3n[nH]c(=O)[nH]c3=O)cc2Cl)c[nH]c1=O. The van der Waals surface area contributed by atoms with Crippen LogP contribution in [-0.2, 0) is 0 Å². The predicted molar refractivity (Wildman–Crippen MR) is 105 cm³/mol. The van der Waals surface area contributed by atoms with Crippen molar-refractivity contribution >= 4 is 23.2 Å². The molecule has 1 atom stereocenters. The van der Waals surface area contributed by atoms with Gasteiger partial charge in [-0.3, -0.25) is 14.6 Å². The molecular formula is C17H15Cl2N5O4. The number of nitrogens with one attached hydrogen (secondary N) is 3. The molecule has 0 saturated carbocycles. The lowest BCUT2D eigenvalue weighted by molar-refractivity contribution is 0.454. The van der Waals surface area contributed by atoms with Gasteiger partial charge in [0.25, 0.3) is 11.1 Å². The Kier molecular flexibility index (Phi) is 5.66. The third-order valence-corrected chi connectivity index (χ3v) is 4.62. The maximum atomic E-state index is 11.9. The van der Waals surface area contributed by atoms with E-state index in [1.54, 1.807) is 0 Å². The van der Waals surface area contributed by atoms with E-state index in [-0.39, 0.29) is 44.4 Å². The van der Waals surface area contributed by atoms with Crippen LogP contribution in [0.15, 0.2) is 32.7 Å². The van der Waals surface area contributed by atoms with Gasteiger partial charge in [0.2, 0.25) is 5.88 Å². The molecule has 0 spiro atoms. The number of rotatable bonds is 5. The Morgan fingerprint density at radius 1 is 1.14 bits per heavy atom. The summed E-state index contributed by atoms with van der Waals surface area (Å²) in [6, 6.07) is 2.83. The topological polar surface area (TPSA) is 134 Å². The van der Waals surface area contributed by atoms with Gasteiger partial charge in [0.05, 0.1) is 16.2 Å². The number of benzene rings is 1. The fourth-order valence-corrected chi connectivity index (χ4v) is 2.99. The van der Waals surface area contributed by atoms with Crippen molar-refractivity contribution in [2.75, 3.05) is 0 Å². The summed E-state index contributed by atoms with van der Waals surface area (Å²) in [7, 11) is 0. The normalized spacial score (nSPS) is 12.0. The lowest BCUT2D eigenvalue weighted by Crippen LogP contribution is -2.25. The first kappa shape index (κ1) is 19.8. The van der Waals surface area contributed by atoms with Gasteiger partial charge in [0, 0.05) is 11.5 Å². The van der Waals surface area contributed by atoms with Gasteiger partial charge >= 0.3 is 5.69 Å². The minimum Gasteiger partial charge on any atom is -0.434 e. The minimum absolute atomic E-state index is 0.0568. The standard InChI is InChI=1S/C17H15Cl2N5O4/c1-3-7(2)12-15(25)20-6-11(21-12)28-14-9(18)4-8(5-10(14)19)13-16(26)22-17(27)24-23-13/h4-7H,3H2,1-2H3,(H,20,25)(H2,22,24,26,27)/t7-/m1/s1. The van der Waals surface area contributed by atoms with Crippen molar-refractivity contribution in [2.24, 2.45) is 0 Å². The molecule has 0 amide bonds. The average Bonchev–Trinajstić information content (AvgIpc) is 2.65. The van der Waals surface area contributed by atoms with Crippen LogP contribution in [0.5, 0.6) is 11.6 Å². The number of hydrogen-bond acceptors (Lipinski definition) is 6. The highest BCUT2D eigenvalue weighted by Gasteiger charge is 2.17. The summed E-state index contributed by atoms with van der Waals surface area (Å²) >= 11 is 12.5. The molecule has 0 bridgehead atoms. The number of H-pyrrole nitrogens is 3. The summed E-state index contributed by atoms with van der Waals surface area (Å²) in [4.78, 5) is 43.8. The van der Waals surface area contributed by atoms with Gasteiger partial charge in [-0.2, -0.15) is 5.10 Å². The summed E-state index contributed by atoms with van der Waals surface area (Å²) in [5.41, 5.74) is -1.15. The molecule has 0 radical (unpaired) electrons. The third-order valence-electron chi connectivity index (χ3n) is 4.06. The largest absolute Gasteiger partial charge is 0.434 e. The maximum Gasteiger partial charge on any atom is 0.342 e. The predicted octanol–water partition coefficient (Wildman–Crippen LogP) is 2.82. The second-order valence-corrected chi connectivity index (χ2v) is 6.80. The highest BCUT2D eigenvalue weighted by molar-refractivity contribution is 6.37. The minimum atomic E-state index is -0.729. The number of ether oxygens (including phenoxy) is 1. The Morgan fingerprint density at radius 3 is 2.43 bits per heavy atom. The van der Waals surface area contributed by atoms with Crippen LogP contribution in [-0.4, -0.2) is 25.1 Å². The van der Waals surface area contributed by atoms with Crippen molar-refractivity contribution in [1.29, 1.82) is 0 Å². The highest BCUT2D eigenvalue weighted by Crippen LogP contribution is 2.38. The first-order chi connectivity index (χ1) is 13.3. The summed E-state index contributed by atoms with van der Waals surface area (Å²) in [6.07, 6.45) is 2.04. The Morgan fingerprint density at radius 2 is 1.82 bits per heavy atom. The first-order valence-electron chi connectivity index (χ1n) is 8.26. The number of halogens is 2. The van der Waals surface area contributed by atoms with E-state index in [0.717, 1.165) is 6.42 Å². The average molecular weight is 424 g/mol. The molecule has 11 heteroatoms. The van der Waals surface area contributed by atoms with E-state index < -0.39 is 11.2 Å². The molecule has 28 heavy (non-hydrogen) atoms. The molecule has 0 saturated heterocycles. The molecule has 3 aromatic rings. The van der Waals surface area contributed by atoms with Crippen LogP contribution in [0.3, 0.4) is 0 Å². The third kappa shape index (κ3) is 4.00. The molecule has 9 nitrogen and oxygen atoms in total. The monoisotopic (exact) mass is 423 g/mol. The van der Waals surface area contributed by atoms with Gasteiger partial charge in [-0.05, 0) is 18.6 Å². The molecule has 0 fully saturated rings. The van der Waals surface area contributed by atoms with Crippen molar-refractivity contribution < 1.29 is 4.74 Å². The Labute approximate surface area is 167 Å². The van der Waals surface area contributed by atoms with Crippen LogP contribution in [0.25, 0.3) is 11.3 Å². The summed E-state index contributed by atoms with van der Waals surface area (Å²) in [6.45, 7) is 3.82. The van der Waals surface area contributed by atoms with Crippen molar-refractivity contribution in [3.63, 3.8) is 0 Å². The van der Waals surface area contributed by atoms with Gasteiger partial charge in [-0.1, -0.05) is 37.0 Å². The van der Waals surface area contributed by atoms with E-state index in [0.29, 0.717) is 5.69 Å². The van der Waals surface area contributed by atoms with Crippen LogP contribution < -0.4 is 21.5 Å². The van der Waals surface area contributed by atoms with Crippen LogP contribution >= 0.6 is 23.2 Å². The smallest absolute Gasteiger partial charge is 0.342 e. The molecule has 0 aliphatic rings. The number of aromatic amines is 3. The van der Waals surface area contributed by atoms with Crippen molar-refractivity contribution in [3.8, 4) is 22.9 Å². The van der Waals surface area contributed by atoms with Crippen LogP contribution in [0, 0.1) is 0 Å². The van der Waals surface area contributed by atoms with Crippen molar-refractivity contribution in [3.05, 3.63) is 65.3 Å². The van der Waals surface area contributed by atoms with Crippen LogP contribution in [0.2, 0.25) is 10.0 Å². The van der Waals surface area contributed by atoms with Gasteiger partial charge in [0.15, 0.2) is 11.4 Å². The zero-order valence-corrected chi connectivity index (χ0v) is 16.3. The lowest BCUT2D eigenvalue weighted by atomic mass is 10.1. The molecule has 2 heterocycles. The molecule has 3 rings (SSSR count). The number of aromatic nitrogens is 5. The number of nitrogens with zero attached hydrogens (tertiary/aromatic N) is 2. The van der Waals surface area contributed by atoms with Gasteiger partial charge in [0.1, 0.15) is 5.69 Å². The van der Waals surface area contributed by atoms with E-state index in [1.165, 1.54) is 18.3 Å². The van der Waals surface area contributed by atoms with Crippen LogP contribution in [0.4, 0.5) is 0 Å². The van der Waals surface area contributed by atoms with Crippen molar-refractivity contribution in [2.45, 2.75) is 26.2 Å². The van der Waals surface area contributed by atoms with E-state index >= 15 is 0 Å². The fourth-order valence-electron chi connectivity index (χ4n) is 2.42. The van der Waals surface area contributed by atoms with Crippen LogP contribution in [0.1, 0.15) is 31.9 Å². The van der Waals surface area contributed by atoms with E-state index in [4.69, 9.17) is 27.9 Å². The van der Waals surface area contributed by atoms with E-state index in [1.807, 2.05) is 13.8 Å². The van der Waals surface area contributed by atoms with Crippen molar-refractivity contribution in [1.82, 2.24) is 25.1 Å². The molecule has 146 valence electrons. The molecule has 0 aliphatic heterocycles. The quantitative estimate of drug-likeness (QED) is 0.577. The second kappa shape index (κ2) is 7.99. The lowest BCUT2D eigenvalue weighted by Gasteiger charge is -2.12. The van der Waals surface area contributed by atoms with Gasteiger partial charge in [-0.25, -0.2) is 14.9 Å². The first-order valence-corrected chi connectivity index (χ1v) is 9.01. The fraction of sp³-hybridized carbons (Fsp3) is 0.235. The molecule has 2 aromatic heterocycles. The van der Waals surface area contributed by atoms with E-state index in [2.05, 4.69) is 25.1 Å². The summed E-state index contributed by atoms with van der Waals surface area (Å²) in [5, 5.41) is 6.02. The molecule has 3 N–H and O–H groups in total. The summed E-state index contributed by atoms with van der Waals surface area (Å²) < 4.78 is 5.66. The van der Waals surface area contributed by atoms with Gasteiger partial charge in [-0.15, -0.1) is 0 Å². The zero-order valence-electron chi connectivity index (χ0n) is 14.8.